The van der Waals surface area contributed by atoms with Crippen LogP contribution in [0.1, 0.15) is 30.5 Å². The van der Waals surface area contributed by atoms with E-state index in [1.54, 1.807) is 0 Å². The molecule has 0 spiro atoms. The van der Waals surface area contributed by atoms with E-state index in [0.717, 1.165) is 62.5 Å². The van der Waals surface area contributed by atoms with Gasteiger partial charge in [0.2, 0.25) is 0 Å². The molecule has 1 aliphatic carbocycles. The number of benzene rings is 6. The highest BCUT2D eigenvalue weighted by Gasteiger charge is 2.38. The number of aromatic nitrogens is 2. The van der Waals surface area contributed by atoms with Crippen molar-refractivity contribution in [3.63, 3.8) is 0 Å². The third-order valence-corrected chi connectivity index (χ3v) is 10.4. The van der Waals surface area contributed by atoms with Crippen molar-refractivity contribution in [3.05, 3.63) is 150 Å². The summed E-state index contributed by atoms with van der Waals surface area (Å²) in [6.07, 6.45) is 0.744. The SMILES string of the molecule is CC1(C)c2ccc(-c3ccc(-c4nc(-c5ccccc5)c5c(n4)-c4ccccc4OCC5)cc3)cc2-c2ccc3oc4ccccc4c3c21. The van der Waals surface area contributed by atoms with Crippen molar-refractivity contribution in [2.45, 2.75) is 25.7 Å². The Morgan fingerprint density at radius 2 is 1.31 bits per heavy atom. The van der Waals surface area contributed by atoms with Gasteiger partial charge in [0.25, 0.3) is 0 Å². The second-order valence-corrected chi connectivity index (χ2v) is 13.6. The maximum Gasteiger partial charge on any atom is 0.160 e. The van der Waals surface area contributed by atoms with Crippen LogP contribution in [0.25, 0.3) is 78.1 Å². The Kier molecular flexibility index (Phi) is 6.01. The average Bonchev–Trinajstić information content (AvgIpc) is 3.55. The molecule has 0 amide bonds. The fourth-order valence-electron chi connectivity index (χ4n) is 8.09. The molecule has 0 saturated heterocycles. The van der Waals surface area contributed by atoms with Gasteiger partial charge in [-0.15, -0.1) is 0 Å². The normalized spacial score (nSPS) is 14.1. The first-order valence-electron chi connectivity index (χ1n) is 16.9. The Balaban J connectivity index is 1.08. The van der Waals surface area contributed by atoms with Crippen LogP contribution in [0.3, 0.4) is 0 Å². The first-order valence-corrected chi connectivity index (χ1v) is 16.9. The second kappa shape index (κ2) is 10.5. The first-order chi connectivity index (χ1) is 24.0. The van der Waals surface area contributed by atoms with Gasteiger partial charge < -0.3 is 9.15 Å². The van der Waals surface area contributed by atoms with Crippen molar-refractivity contribution in [1.29, 1.82) is 0 Å². The van der Waals surface area contributed by atoms with Crippen LogP contribution in [0.5, 0.6) is 5.75 Å². The molecule has 49 heavy (non-hydrogen) atoms. The van der Waals surface area contributed by atoms with Crippen molar-refractivity contribution in [3.8, 4) is 61.9 Å². The van der Waals surface area contributed by atoms with Crippen molar-refractivity contribution >= 4 is 21.9 Å². The summed E-state index contributed by atoms with van der Waals surface area (Å²) in [5, 5.41) is 2.41. The van der Waals surface area contributed by atoms with Gasteiger partial charge in [0.1, 0.15) is 16.9 Å². The summed E-state index contributed by atoms with van der Waals surface area (Å²) in [6, 6.07) is 47.0. The standard InChI is InChI=1S/C45H32N2O2/c1-45(2)36-22-20-30(26-35(36)31-21-23-39-40(41(31)45)32-12-6-9-15-38(32)49-39)27-16-18-29(19-17-27)44-46-42(28-10-4-3-5-11-28)34-24-25-48-37-14-8-7-13-33(37)43(34)47-44/h3-23,26H,24-25H2,1-2H3. The predicted octanol–water partition coefficient (Wildman–Crippen LogP) is 11.3. The van der Waals surface area contributed by atoms with E-state index in [1.165, 1.54) is 38.6 Å². The maximum atomic E-state index is 6.28. The molecule has 0 radical (unpaired) electrons. The van der Waals surface area contributed by atoms with Crippen LogP contribution in [-0.2, 0) is 11.8 Å². The molecule has 4 heteroatoms. The van der Waals surface area contributed by atoms with Crippen molar-refractivity contribution in [2.24, 2.45) is 0 Å². The van der Waals surface area contributed by atoms with E-state index < -0.39 is 0 Å². The molecule has 0 saturated carbocycles. The van der Waals surface area contributed by atoms with E-state index in [1.807, 2.05) is 30.3 Å². The Bertz CT molecular complexity index is 2600. The average molecular weight is 633 g/mol. The first kappa shape index (κ1) is 28.1. The monoisotopic (exact) mass is 632 g/mol. The number of nitrogens with zero attached hydrogens (tertiary/aromatic N) is 2. The summed E-state index contributed by atoms with van der Waals surface area (Å²) in [7, 11) is 0. The van der Waals surface area contributed by atoms with Crippen molar-refractivity contribution in [1.82, 2.24) is 9.97 Å². The Morgan fingerprint density at radius 3 is 2.18 bits per heavy atom. The van der Waals surface area contributed by atoms with Crippen molar-refractivity contribution < 1.29 is 9.15 Å². The largest absolute Gasteiger partial charge is 0.493 e. The second-order valence-electron chi connectivity index (χ2n) is 13.6. The van der Waals surface area contributed by atoms with Crippen molar-refractivity contribution in [2.75, 3.05) is 6.61 Å². The summed E-state index contributed by atoms with van der Waals surface area (Å²) in [6.45, 7) is 5.26. The smallest absolute Gasteiger partial charge is 0.160 e. The fourth-order valence-corrected chi connectivity index (χ4v) is 8.09. The van der Waals surface area contributed by atoms with E-state index in [2.05, 4.69) is 117 Å². The molecule has 0 unspecified atom stereocenters. The summed E-state index contributed by atoms with van der Waals surface area (Å²) < 4.78 is 12.4. The van der Waals surface area contributed by atoms with Crippen LogP contribution in [0.2, 0.25) is 0 Å². The molecular weight excluding hydrogens is 601 g/mol. The molecule has 0 fully saturated rings. The molecule has 2 aromatic heterocycles. The number of para-hydroxylation sites is 2. The Hall–Kier alpha value is -6.00. The van der Waals surface area contributed by atoms with Gasteiger partial charge in [-0.3, -0.25) is 0 Å². The lowest BCUT2D eigenvalue weighted by molar-refractivity contribution is 0.326. The van der Waals surface area contributed by atoms with Gasteiger partial charge >= 0.3 is 0 Å². The zero-order valence-electron chi connectivity index (χ0n) is 27.3. The lowest BCUT2D eigenvalue weighted by atomic mass is 9.80. The molecule has 2 aliphatic rings. The van der Waals surface area contributed by atoms with E-state index in [9.17, 15) is 0 Å². The number of fused-ring (bicyclic) bond motifs is 10. The summed E-state index contributed by atoms with van der Waals surface area (Å²) >= 11 is 0. The molecule has 10 rings (SSSR count). The third-order valence-electron chi connectivity index (χ3n) is 10.4. The van der Waals surface area contributed by atoms with E-state index in [4.69, 9.17) is 19.1 Å². The van der Waals surface area contributed by atoms with Gasteiger partial charge in [-0.25, -0.2) is 9.97 Å². The maximum absolute atomic E-state index is 6.28. The lowest BCUT2D eigenvalue weighted by Crippen LogP contribution is -2.15. The molecule has 0 atom stereocenters. The van der Waals surface area contributed by atoms with Crippen LogP contribution in [0.4, 0.5) is 0 Å². The number of hydrogen-bond acceptors (Lipinski definition) is 4. The highest BCUT2D eigenvalue weighted by Crippen LogP contribution is 2.53. The highest BCUT2D eigenvalue weighted by atomic mass is 16.5. The van der Waals surface area contributed by atoms with Crippen LogP contribution in [0.15, 0.2) is 138 Å². The fraction of sp³-hybridized carbons (Fsp3) is 0.111. The molecule has 234 valence electrons. The van der Waals surface area contributed by atoms with E-state index >= 15 is 0 Å². The van der Waals surface area contributed by atoms with Gasteiger partial charge in [-0.05, 0) is 63.7 Å². The van der Waals surface area contributed by atoms with Gasteiger partial charge in [0.05, 0.1) is 18.0 Å². The van der Waals surface area contributed by atoms with Crippen LogP contribution in [-0.4, -0.2) is 16.6 Å². The van der Waals surface area contributed by atoms with Gasteiger partial charge in [-0.1, -0.05) is 117 Å². The Morgan fingerprint density at radius 1 is 0.571 bits per heavy atom. The highest BCUT2D eigenvalue weighted by molar-refractivity contribution is 6.11. The summed E-state index contributed by atoms with van der Waals surface area (Å²) in [4.78, 5) is 10.4. The third kappa shape index (κ3) is 4.23. The number of hydrogen-bond donors (Lipinski definition) is 0. The topological polar surface area (TPSA) is 48.2 Å². The number of rotatable bonds is 3. The van der Waals surface area contributed by atoms with Gasteiger partial charge in [0.15, 0.2) is 5.82 Å². The zero-order chi connectivity index (χ0) is 32.7. The van der Waals surface area contributed by atoms with Crippen LogP contribution >= 0.6 is 0 Å². The van der Waals surface area contributed by atoms with Crippen LogP contribution in [0, 0.1) is 0 Å². The van der Waals surface area contributed by atoms with E-state index in [0.29, 0.717) is 12.4 Å². The molecule has 0 N–H and O–H groups in total. The molecule has 4 nitrogen and oxygen atoms in total. The Labute approximate surface area is 284 Å². The quantitative estimate of drug-likeness (QED) is 0.194. The van der Waals surface area contributed by atoms with Crippen LogP contribution < -0.4 is 4.74 Å². The van der Waals surface area contributed by atoms with Gasteiger partial charge in [0, 0.05) is 44.9 Å². The van der Waals surface area contributed by atoms with E-state index in [-0.39, 0.29) is 5.41 Å². The minimum atomic E-state index is -0.151. The van der Waals surface area contributed by atoms with Gasteiger partial charge in [-0.2, -0.15) is 0 Å². The minimum Gasteiger partial charge on any atom is -0.493 e. The molecular formula is C45H32N2O2. The minimum absolute atomic E-state index is 0.151. The molecule has 3 heterocycles. The molecule has 0 bridgehead atoms. The lowest BCUT2D eigenvalue weighted by Gasteiger charge is -2.22. The molecule has 1 aliphatic heterocycles. The number of furan rings is 1. The zero-order valence-corrected chi connectivity index (χ0v) is 27.3. The number of ether oxygens (including phenoxy) is 1. The molecule has 8 aromatic rings. The molecule has 6 aromatic carbocycles. The summed E-state index contributed by atoms with van der Waals surface area (Å²) in [5.41, 5.74) is 15.4. The summed E-state index contributed by atoms with van der Waals surface area (Å²) in [5.74, 6) is 1.57. The predicted molar refractivity (Wildman–Crippen MR) is 198 cm³/mol.